The van der Waals surface area contributed by atoms with Gasteiger partial charge in [0.1, 0.15) is 17.5 Å². The second kappa shape index (κ2) is 14.3. The minimum absolute atomic E-state index is 0.205. The number of carbonyl (C=O) groups is 2. The molecule has 2 heterocycles. The maximum atomic E-state index is 14.2. The third-order valence-electron chi connectivity index (χ3n) is 7.17. The van der Waals surface area contributed by atoms with Gasteiger partial charge in [-0.1, -0.05) is 17.4 Å². The Bertz CT molecular complexity index is 1750. The topological polar surface area (TPSA) is 118 Å². The predicted octanol–water partition coefficient (Wildman–Crippen LogP) is 3.07. The van der Waals surface area contributed by atoms with Crippen LogP contribution in [0, 0.1) is 0 Å². The van der Waals surface area contributed by atoms with Crippen molar-refractivity contribution in [2.24, 2.45) is 4.99 Å². The Morgan fingerprint density at radius 1 is 0.977 bits per heavy atom. The molecule has 0 spiro atoms. The van der Waals surface area contributed by atoms with Crippen molar-refractivity contribution >= 4 is 29.3 Å². The molecule has 1 amide bonds. The third kappa shape index (κ3) is 6.49. The Hall–Kier alpha value is -4.58. The fourth-order valence-corrected chi connectivity index (χ4v) is 6.05. The lowest BCUT2D eigenvalue weighted by Crippen LogP contribution is -2.43. The van der Waals surface area contributed by atoms with Gasteiger partial charge in [0.05, 0.1) is 43.7 Å². The van der Waals surface area contributed by atoms with Crippen LogP contribution in [0.4, 0.5) is 0 Å². The molecule has 0 unspecified atom stereocenters. The summed E-state index contributed by atoms with van der Waals surface area (Å²) in [4.78, 5) is 46.7. The molecule has 0 saturated carbocycles. The van der Waals surface area contributed by atoms with Gasteiger partial charge in [0.25, 0.3) is 11.5 Å². The van der Waals surface area contributed by atoms with Crippen molar-refractivity contribution in [1.82, 2.24) is 9.47 Å². The van der Waals surface area contributed by atoms with Gasteiger partial charge < -0.3 is 28.6 Å². The summed E-state index contributed by atoms with van der Waals surface area (Å²) >= 11 is 1.22. The van der Waals surface area contributed by atoms with E-state index in [1.807, 2.05) is 13.8 Å². The van der Waals surface area contributed by atoms with E-state index in [-0.39, 0.29) is 24.7 Å². The number of benzene rings is 2. The van der Waals surface area contributed by atoms with Crippen LogP contribution >= 0.6 is 11.3 Å². The minimum Gasteiger partial charge on any atom is -0.497 e. The van der Waals surface area contributed by atoms with Gasteiger partial charge >= 0.3 is 5.97 Å². The number of ether oxygens (including phenoxy) is 5. The average molecular weight is 624 g/mol. The molecular formula is C32H37N3O8S. The Morgan fingerprint density at radius 2 is 1.68 bits per heavy atom. The number of fused-ring (bicyclic) bond motifs is 1. The molecule has 12 heteroatoms. The summed E-state index contributed by atoms with van der Waals surface area (Å²) in [6.07, 6.45) is 1.73. The second-order valence-electron chi connectivity index (χ2n) is 9.67. The number of thiazole rings is 1. The summed E-state index contributed by atoms with van der Waals surface area (Å²) in [5.41, 5.74) is 1.87. The van der Waals surface area contributed by atoms with Gasteiger partial charge in [-0.25, -0.2) is 9.79 Å². The Balaban J connectivity index is 1.88. The number of rotatable bonds is 12. The van der Waals surface area contributed by atoms with Crippen molar-refractivity contribution in [1.29, 1.82) is 0 Å². The Kier molecular flexibility index (Phi) is 10.5. The fraction of sp³-hybridized carbons (Fsp3) is 0.375. The number of amides is 1. The van der Waals surface area contributed by atoms with E-state index in [0.717, 1.165) is 0 Å². The monoisotopic (exact) mass is 623 g/mol. The Morgan fingerprint density at radius 3 is 2.32 bits per heavy atom. The van der Waals surface area contributed by atoms with Crippen LogP contribution in [0.1, 0.15) is 44.9 Å². The molecule has 1 aliphatic rings. The molecule has 1 aliphatic heterocycles. The molecule has 44 heavy (non-hydrogen) atoms. The second-order valence-corrected chi connectivity index (χ2v) is 10.7. The van der Waals surface area contributed by atoms with Gasteiger partial charge in [0.15, 0.2) is 22.9 Å². The molecule has 3 aromatic rings. The maximum absolute atomic E-state index is 14.2. The summed E-state index contributed by atoms with van der Waals surface area (Å²) in [6.45, 7) is 8.32. The number of aromatic nitrogens is 1. The number of likely N-dealkylation sites (N-methyl/N-ethyl adjacent to an activating group) is 1. The zero-order valence-electron chi connectivity index (χ0n) is 26.0. The molecule has 2 aromatic carbocycles. The van der Waals surface area contributed by atoms with Gasteiger partial charge in [-0.3, -0.25) is 14.2 Å². The van der Waals surface area contributed by atoms with Gasteiger partial charge in [-0.05, 0) is 69.7 Å². The van der Waals surface area contributed by atoms with Crippen molar-refractivity contribution < 1.29 is 33.3 Å². The number of hydrogen-bond donors (Lipinski definition) is 0. The third-order valence-corrected chi connectivity index (χ3v) is 8.15. The number of hydrogen-bond acceptors (Lipinski definition) is 10. The van der Waals surface area contributed by atoms with Gasteiger partial charge in [-0.2, -0.15) is 0 Å². The molecule has 0 fully saturated rings. The average Bonchev–Trinajstić information content (AvgIpc) is 3.33. The van der Waals surface area contributed by atoms with Crippen LogP contribution in [0.2, 0.25) is 0 Å². The van der Waals surface area contributed by atoms with Crippen molar-refractivity contribution in [3.8, 4) is 23.0 Å². The smallest absolute Gasteiger partial charge is 0.344 e. The molecule has 0 aliphatic carbocycles. The van der Waals surface area contributed by atoms with E-state index in [9.17, 15) is 14.4 Å². The molecule has 11 nitrogen and oxygen atoms in total. The summed E-state index contributed by atoms with van der Waals surface area (Å²) in [6, 6.07) is 9.63. The van der Waals surface area contributed by atoms with Crippen LogP contribution in [0.15, 0.2) is 57.5 Å². The van der Waals surface area contributed by atoms with Crippen LogP contribution in [0.25, 0.3) is 6.08 Å². The number of carbonyl (C=O) groups excluding carboxylic acids is 2. The number of nitrogens with zero attached hydrogens (tertiary/aromatic N) is 3. The van der Waals surface area contributed by atoms with E-state index in [0.29, 0.717) is 67.8 Å². The Labute approximate surface area is 259 Å². The van der Waals surface area contributed by atoms with Crippen LogP contribution in [-0.2, 0) is 14.3 Å². The van der Waals surface area contributed by atoms with E-state index in [2.05, 4.69) is 0 Å². The molecule has 1 aromatic heterocycles. The van der Waals surface area contributed by atoms with Gasteiger partial charge in [0.2, 0.25) is 0 Å². The lowest BCUT2D eigenvalue weighted by atomic mass is 9.93. The highest BCUT2D eigenvalue weighted by Crippen LogP contribution is 2.38. The van der Waals surface area contributed by atoms with E-state index in [1.165, 1.54) is 18.4 Å². The molecule has 0 N–H and O–H groups in total. The van der Waals surface area contributed by atoms with E-state index >= 15 is 0 Å². The lowest BCUT2D eigenvalue weighted by molar-refractivity contribution is -0.145. The SMILES string of the molecule is CCOC(=O)COc1ccc(/C=c2/sc3n(c2=O)[C@@H](c2cc(OC)ccc2OC)C(C(=O)N(CC)CC)=C(C)N=3)cc1OC. The molecule has 0 saturated heterocycles. The normalized spacial score (nSPS) is 14.4. The highest BCUT2D eigenvalue weighted by atomic mass is 32.1. The predicted molar refractivity (Wildman–Crippen MR) is 166 cm³/mol. The van der Waals surface area contributed by atoms with E-state index in [4.69, 9.17) is 28.7 Å². The van der Waals surface area contributed by atoms with Crippen molar-refractivity contribution in [2.75, 3.05) is 47.6 Å². The first kappa shape index (κ1) is 32.3. The molecule has 0 radical (unpaired) electrons. The minimum atomic E-state index is -0.806. The number of allylic oxidation sites excluding steroid dienone is 1. The summed E-state index contributed by atoms with van der Waals surface area (Å²) in [5, 5.41) is 0. The molecular weight excluding hydrogens is 586 g/mol. The molecule has 234 valence electrons. The molecule has 4 rings (SSSR count). The molecule has 0 bridgehead atoms. The van der Waals surface area contributed by atoms with Crippen LogP contribution in [-0.4, -0.2) is 69.0 Å². The summed E-state index contributed by atoms with van der Waals surface area (Å²) in [7, 11) is 4.59. The number of esters is 1. The maximum Gasteiger partial charge on any atom is 0.344 e. The van der Waals surface area contributed by atoms with Crippen LogP contribution in [0.3, 0.4) is 0 Å². The van der Waals surface area contributed by atoms with Crippen molar-refractivity contribution in [2.45, 2.75) is 33.7 Å². The van der Waals surface area contributed by atoms with Crippen molar-refractivity contribution in [3.63, 3.8) is 0 Å². The lowest BCUT2D eigenvalue weighted by Gasteiger charge is -2.30. The van der Waals surface area contributed by atoms with E-state index < -0.39 is 12.0 Å². The number of methoxy groups -OCH3 is 3. The summed E-state index contributed by atoms with van der Waals surface area (Å²) in [5.74, 6) is 1.12. The summed E-state index contributed by atoms with van der Waals surface area (Å²) < 4.78 is 29.1. The van der Waals surface area contributed by atoms with Gasteiger partial charge in [-0.15, -0.1) is 0 Å². The van der Waals surface area contributed by atoms with Crippen molar-refractivity contribution in [3.05, 3.63) is 78.5 Å². The largest absolute Gasteiger partial charge is 0.497 e. The van der Waals surface area contributed by atoms with Crippen LogP contribution < -0.4 is 33.8 Å². The first-order chi connectivity index (χ1) is 21.2. The van der Waals surface area contributed by atoms with Crippen LogP contribution in [0.5, 0.6) is 23.0 Å². The van der Waals surface area contributed by atoms with Gasteiger partial charge in [0, 0.05) is 18.7 Å². The molecule has 1 atom stereocenters. The standard InChI is InChI=1S/C32H37N3O8S/c1-8-34(9-2)31(38)28-19(4)33-32-35(29(28)22-17-21(39-5)12-14-23(22)40-6)30(37)26(44-32)16-20-11-13-24(25(15-20)41-7)43-18-27(36)42-10-3/h11-17,29H,8-10,18H2,1-7H3/b26-16+/t29-/m0/s1. The first-order valence-corrected chi connectivity index (χ1v) is 15.0. The quantitative estimate of drug-likeness (QED) is 0.283. The first-order valence-electron chi connectivity index (χ1n) is 14.2. The zero-order valence-corrected chi connectivity index (χ0v) is 26.8. The van der Waals surface area contributed by atoms with E-state index in [1.54, 1.807) is 80.0 Å². The fourth-order valence-electron chi connectivity index (χ4n) is 5.01. The zero-order chi connectivity index (χ0) is 32.0. The highest BCUT2D eigenvalue weighted by molar-refractivity contribution is 7.07. The highest BCUT2D eigenvalue weighted by Gasteiger charge is 2.36.